The smallest absolute Gasteiger partial charge is 0.254 e. The summed E-state index contributed by atoms with van der Waals surface area (Å²) in [6, 6.07) is 17.1. The molecule has 0 saturated heterocycles. The minimum Gasteiger partial charge on any atom is -0.284 e. The number of hydrogen-bond donors (Lipinski definition) is 0. The Morgan fingerprint density at radius 3 is 2.12 bits per heavy atom. The fourth-order valence-corrected chi connectivity index (χ4v) is 3.67. The Balaban J connectivity index is 1.95. The lowest BCUT2D eigenvalue weighted by atomic mass is 9.90. The van der Waals surface area contributed by atoms with E-state index in [1.54, 1.807) is 24.3 Å². The van der Waals surface area contributed by atoms with Gasteiger partial charge in [-0.1, -0.05) is 54.6 Å². The molecule has 1 aliphatic carbocycles. The van der Waals surface area contributed by atoms with Crippen molar-refractivity contribution in [1.29, 1.82) is 0 Å². The molecule has 3 aromatic rings. The topological polar surface area (TPSA) is 43.0 Å². The third kappa shape index (κ3) is 2.25. The summed E-state index contributed by atoms with van der Waals surface area (Å²) >= 11 is 0. The summed E-state index contributed by atoms with van der Waals surface area (Å²) in [5.74, 6) is 0.782. The fraction of sp³-hybridized carbons (Fsp3) is 0.190. The van der Waals surface area contributed by atoms with Gasteiger partial charge in [-0.15, -0.1) is 0 Å². The van der Waals surface area contributed by atoms with E-state index in [9.17, 15) is 9.59 Å². The highest BCUT2D eigenvalue weighted by Crippen LogP contribution is 2.27. The molecule has 124 valence electrons. The molecule has 0 fully saturated rings. The zero-order valence-electron chi connectivity index (χ0n) is 14.3. The van der Waals surface area contributed by atoms with Gasteiger partial charge in [0.2, 0.25) is 23.0 Å². The Labute approximate surface area is 146 Å². The van der Waals surface area contributed by atoms with Crippen LogP contribution in [0.3, 0.4) is 0 Å². The van der Waals surface area contributed by atoms with Crippen molar-refractivity contribution in [2.24, 2.45) is 0 Å². The van der Waals surface area contributed by atoms with Gasteiger partial charge in [0.05, 0.1) is 6.54 Å². The van der Waals surface area contributed by atoms with Crippen LogP contribution in [0.25, 0.3) is 0 Å². The molecule has 0 unspecified atom stereocenters. The van der Waals surface area contributed by atoms with Crippen molar-refractivity contribution in [3.05, 3.63) is 88.5 Å². The number of imidazole rings is 1. The van der Waals surface area contributed by atoms with E-state index in [0.29, 0.717) is 35.6 Å². The van der Waals surface area contributed by atoms with E-state index < -0.39 is 0 Å². The second-order valence-corrected chi connectivity index (χ2v) is 6.26. The van der Waals surface area contributed by atoms with Gasteiger partial charge < -0.3 is 0 Å². The van der Waals surface area contributed by atoms with Crippen LogP contribution in [0.4, 0.5) is 0 Å². The van der Waals surface area contributed by atoms with Gasteiger partial charge in [0, 0.05) is 18.1 Å². The van der Waals surface area contributed by atoms with Crippen LogP contribution in [0.5, 0.6) is 0 Å². The SMILES string of the molecule is CCn1c2c([n+](Cc3ccccc3)c1C)C(=O)c1ccccc1C2=O. The molecule has 0 spiro atoms. The first kappa shape index (κ1) is 15.5. The zero-order valence-corrected chi connectivity index (χ0v) is 14.3. The lowest BCUT2D eigenvalue weighted by molar-refractivity contribution is -0.695. The van der Waals surface area contributed by atoms with Crippen molar-refractivity contribution in [2.45, 2.75) is 26.9 Å². The van der Waals surface area contributed by atoms with Crippen molar-refractivity contribution < 1.29 is 14.2 Å². The predicted octanol–water partition coefficient (Wildman–Crippen LogP) is 2.93. The number of rotatable bonds is 3. The molecule has 4 nitrogen and oxygen atoms in total. The van der Waals surface area contributed by atoms with E-state index in [0.717, 1.165) is 11.4 Å². The second-order valence-electron chi connectivity index (χ2n) is 6.26. The van der Waals surface area contributed by atoms with Crippen molar-refractivity contribution in [3.8, 4) is 0 Å². The van der Waals surface area contributed by atoms with E-state index in [2.05, 4.69) is 0 Å². The van der Waals surface area contributed by atoms with Gasteiger partial charge in [-0.2, -0.15) is 0 Å². The second kappa shape index (κ2) is 5.81. The third-order valence-corrected chi connectivity index (χ3v) is 4.89. The number of carbonyl (C=O) groups is 2. The number of hydrogen-bond acceptors (Lipinski definition) is 2. The highest BCUT2D eigenvalue weighted by Gasteiger charge is 2.42. The van der Waals surface area contributed by atoms with Crippen molar-refractivity contribution >= 4 is 11.6 Å². The van der Waals surface area contributed by atoms with Crippen LogP contribution in [0.2, 0.25) is 0 Å². The van der Waals surface area contributed by atoms with Gasteiger partial charge in [-0.25, -0.2) is 9.13 Å². The molecule has 0 aliphatic heterocycles. The number of benzene rings is 2. The van der Waals surface area contributed by atoms with E-state index in [-0.39, 0.29) is 11.6 Å². The molecule has 4 heteroatoms. The van der Waals surface area contributed by atoms with Crippen molar-refractivity contribution in [3.63, 3.8) is 0 Å². The average molecular weight is 331 g/mol. The average Bonchev–Trinajstić information content (AvgIpc) is 2.93. The predicted molar refractivity (Wildman–Crippen MR) is 93.9 cm³/mol. The first-order chi connectivity index (χ1) is 12.1. The number of fused-ring (bicyclic) bond motifs is 2. The van der Waals surface area contributed by atoms with Crippen LogP contribution in [0, 0.1) is 6.92 Å². The largest absolute Gasteiger partial charge is 0.284 e. The minimum absolute atomic E-state index is 0.0676. The zero-order chi connectivity index (χ0) is 17.6. The van der Waals surface area contributed by atoms with Crippen LogP contribution in [-0.4, -0.2) is 16.1 Å². The molecule has 0 bridgehead atoms. The van der Waals surface area contributed by atoms with E-state index in [4.69, 9.17) is 0 Å². The Bertz CT molecular complexity index is 1000. The molecule has 0 amide bonds. The quantitative estimate of drug-likeness (QED) is 0.542. The first-order valence-corrected chi connectivity index (χ1v) is 8.48. The van der Waals surface area contributed by atoms with Gasteiger partial charge in [0.25, 0.3) is 5.82 Å². The van der Waals surface area contributed by atoms with Gasteiger partial charge >= 0.3 is 0 Å². The Morgan fingerprint density at radius 1 is 0.880 bits per heavy atom. The highest BCUT2D eigenvalue weighted by molar-refractivity contribution is 6.26. The van der Waals surface area contributed by atoms with E-state index in [1.807, 2.05) is 53.3 Å². The van der Waals surface area contributed by atoms with Crippen molar-refractivity contribution in [1.82, 2.24) is 4.57 Å². The molecule has 4 rings (SSSR count). The summed E-state index contributed by atoms with van der Waals surface area (Å²) in [6.07, 6.45) is 0. The molecule has 0 saturated carbocycles. The summed E-state index contributed by atoms with van der Waals surface area (Å²) in [5.41, 5.74) is 3.12. The summed E-state index contributed by atoms with van der Waals surface area (Å²) in [6.45, 7) is 5.19. The summed E-state index contributed by atoms with van der Waals surface area (Å²) < 4.78 is 3.93. The number of ketones is 2. The molecular formula is C21H19N2O2+. The third-order valence-electron chi connectivity index (χ3n) is 4.89. The maximum atomic E-state index is 13.2. The maximum Gasteiger partial charge on any atom is 0.254 e. The Hall–Kier alpha value is -3.01. The van der Waals surface area contributed by atoms with Crippen LogP contribution in [0.1, 0.15) is 50.4 Å². The molecule has 0 N–H and O–H groups in total. The number of nitrogens with zero attached hydrogens (tertiary/aromatic N) is 2. The van der Waals surface area contributed by atoms with Gasteiger partial charge in [-0.05, 0) is 12.5 Å². The highest BCUT2D eigenvalue weighted by atomic mass is 16.1. The molecule has 0 atom stereocenters. The molecule has 0 radical (unpaired) electrons. The fourth-order valence-electron chi connectivity index (χ4n) is 3.67. The summed E-state index contributed by atoms with van der Waals surface area (Å²) in [7, 11) is 0. The van der Waals surface area contributed by atoms with Gasteiger partial charge in [0.15, 0.2) is 0 Å². The lowest BCUT2D eigenvalue weighted by Crippen LogP contribution is -2.43. The Morgan fingerprint density at radius 2 is 1.48 bits per heavy atom. The van der Waals surface area contributed by atoms with Crippen LogP contribution < -0.4 is 4.57 Å². The summed E-state index contributed by atoms with van der Waals surface area (Å²) in [4.78, 5) is 26.2. The lowest BCUT2D eigenvalue weighted by Gasteiger charge is -2.12. The van der Waals surface area contributed by atoms with E-state index in [1.165, 1.54) is 0 Å². The molecule has 1 aromatic heterocycles. The molecule has 2 aromatic carbocycles. The number of carbonyl (C=O) groups excluding carboxylic acids is 2. The maximum absolute atomic E-state index is 13.2. The normalized spacial score (nSPS) is 12.9. The van der Waals surface area contributed by atoms with Crippen molar-refractivity contribution in [2.75, 3.05) is 0 Å². The standard InChI is InChI=1S/C21H19N2O2/c1-3-22-14(2)23(13-15-9-5-4-6-10-15)19-18(22)20(24)16-11-7-8-12-17(16)21(19)25/h4-12H,3,13H2,1-2H3/q+1. The van der Waals surface area contributed by atoms with Gasteiger partial charge in [-0.3, -0.25) is 9.59 Å². The molecular weight excluding hydrogens is 312 g/mol. The minimum atomic E-state index is -0.0727. The monoisotopic (exact) mass is 331 g/mol. The summed E-state index contributed by atoms with van der Waals surface area (Å²) in [5, 5.41) is 0. The van der Waals surface area contributed by atoms with Gasteiger partial charge in [0.1, 0.15) is 6.54 Å². The first-order valence-electron chi connectivity index (χ1n) is 8.48. The molecule has 1 heterocycles. The number of aromatic nitrogens is 2. The van der Waals surface area contributed by atoms with E-state index >= 15 is 0 Å². The molecule has 1 aliphatic rings. The molecule has 25 heavy (non-hydrogen) atoms. The van der Waals surface area contributed by atoms with Crippen LogP contribution in [0.15, 0.2) is 54.6 Å². The Kier molecular flexibility index (Phi) is 3.61. The van der Waals surface area contributed by atoms with Crippen LogP contribution >= 0.6 is 0 Å². The van der Waals surface area contributed by atoms with Crippen LogP contribution in [-0.2, 0) is 13.1 Å².